The van der Waals surface area contributed by atoms with Gasteiger partial charge >= 0.3 is 0 Å². The molecule has 2 heterocycles. The second kappa shape index (κ2) is 11.4. The van der Waals surface area contributed by atoms with E-state index in [0.29, 0.717) is 28.4 Å². The highest BCUT2D eigenvalue weighted by Gasteiger charge is 2.25. The van der Waals surface area contributed by atoms with Gasteiger partial charge < -0.3 is 14.8 Å². The summed E-state index contributed by atoms with van der Waals surface area (Å²) in [7, 11) is 1.60. The van der Waals surface area contributed by atoms with Crippen molar-refractivity contribution < 1.29 is 18.7 Å². The Morgan fingerprint density at radius 1 is 1.21 bits per heavy atom. The average Bonchev–Trinajstić information content (AvgIpc) is 3.55. The van der Waals surface area contributed by atoms with Gasteiger partial charge in [-0.2, -0.15) is 10.4 Å². The van der Waals surface area contributed by atoms with Crippen LogP contribution >= 0.6 is 11.3 Å². The number of carbonyl (C=O) groups excluding carboxylic acids is 1. The molecule has 2 unspecified atom stereocenters. The molecule has 9 heteroatoms. The molecular formula is C30H25FN4O3S. The molecule has 39 heavy (non-hydrogen) atoms. The fraction of sp³-hybridized carbons (Fsp3) is 0.167. The molecule has 0 saturated heterocycles. The standard InChI is InChI=1S/C30H25FN4O3S/c1-19(34-30(36)28-13-20(16-32)18-39-28)29(21-5-3-8-25(14-21)37-2)38-26-11-12-27-22(15-26)17-33-35(27)24-7-4-6-23(31)9-10-24/h3-6,8-15,17-19,29H,7H2,1-2H3,(H,34,36). The Bertz CT molecular complexity index is 1660. The van der Waals surface area contributed by atoms with E-state index in [1.807, 2.05) is 49.4 Å². The average molecular weight is 541 g/mol. The van der Waals surface area contributed by atoms with E-state index in [-0.39, 0.29) is 11.7 Å². The van der Waals surface area contributed by atoms with Crippen molar-refractivity contribution in [3.63, 3.8) is 0 Å². The summed E-state index contributed by atoms with van der Waals surface area (Å²) in [5, 5.41) is 19.1. The first kappa shape index (κ1) is 25.9. The maximum atomic E-state index is 13.6. The molecule has 0 aliphatic heterocycles. The van der Waals surface area contributed by atoms with Crippen LogP contribution in [-0.4, -0.2) is 28.8 Å². The maximum absolute atomic E-state index is 13.6. The molecule has 2 aromatic carbocycles. The van der Waals surface area contributed by atoms with E-state index in [1.165, 1.54) is 23.5 Å². The molecule has 1 aliphatic carbocycles. The second-order valence-electron chi connectivity index (χ2n) is 8.98. The molecule has 1 N–H and O–H groups in total. The van der Waals surface area contributed by atoms with Gasteiger partial charge in [0.2, 0.25) is 0 Å². The summed E-state index contributed by atoms with van der Waals surface area (Å²) in [6.07, 6.45) is 8.11. The molecule has 5 rings (SSSR count). The highest BCUT2D eigenvalue weighted by Crippen LogP contribution is 2.31. The molecule has 7 nitrogen and oxygen atoms in total. The van der Waals surface area contributed by atoms with Gasteiger partial charge in [0.05, 0.1) is 35.3 Å². The number of methoxy groups -OCH3 is 1. The first-order valence-corrected chi connectivity index (χ1v) is 13.1. The minimum absolute atomic E-state index is 0.279. The van der Waals surface area contributed by atoms with Crippen LogP contribution < -0.4 is 14.8 Å². The van der Waals surface area contributed by atoms with Crippen molar-refractivity contribution in [3.8, 4) is 17.6 Å². The van der Waals surface area contributed by atoms with Crippen LogP contribution in [0, 0.1) is 11.3 Å². The van der Waals surface area contributed by atoms with Crippen molar-refractivity contribution in [1.29, 1.82) is 5.26 Å². The van der Waals surface area contributed by atoms with E-state index >= 15 is 0 Å². The maximum Gasteiger partial charge on any atom is 0.261 e. The Morgan fingerprint density at radius 3 is 2.87 bits per heavy atom. The predicted octanol–water partition coefficient (Wildman–Crippen LogP) is 6.57. The van der Waals surface area contributed by atoms with E-state index in [9.17, 15) is 9.18 Å². The molecule has 0 bridgehead atoms. The largest absolute Gasteiger partial charge is 0.497 e. The van der Waals surface area contributed by atoms with Crippen molar-refractivity contribution >= 4 is 33.8 Å². The van der Waals surface area contributed by atoms with Crippen molar-refractivity contribution in [1.82, 2.24) is 15.1 Å². The lowest BCUT2D eigenvalue weighted by atomic mass is 10.0. The Morgan fingerprint density at radius 2 is 2.08 bits per heavy atom. The van der Waals surface area contributed by atoms with E-state index in [0.717, 1.165) is 22.2 Å². The number of ether oxygens (including phenoxy) is 2. The fourth-order valence-corrected chi connectivity index (χ4v) is 5.09. The quantitative estimate of drug-likeness (QED) is 0.273. The van der Waals surface area contributed by atoms with Crippen LogP contribution in [0.2, 0.25) is 0 Å². The van der Waals surface area contributed by atoms with E-state index in [2.05, 4.69) is 16.5 Å². The molecule has 1 aliphatic rings. The zero-order valence-corrected chi connectivity index (χ0v) is 22.1. The van der Waals surface area contributed by atoms with Crippen LogP contribution in [0.5, 0.6) is 11.5 Å². The number of nitriles is 1. The van der Waals surface area contributed by atoms with Gasteiger partial charge in [0.15, 0.2) is 0 Å². The normalized spacial score (nSPS) is 14.5. The number of benzene rings is 2. The van der Waals surface area contributed by atoms with Gasteiger partial charge in [-0.25, -0.2) is 9.07 Å². The van der Waals surface area contributed by atoms with Crippen LogP contribution in [-0.2, 0) is 0 Å². The number of allylic oxidation sites excluding steroid dienone is 6. The molecule has 0 spiro atoms. The monoisotopic (exact) mass is 540 g/mol. The summed E-state index contributed by atoms with van der Waals surface area (Å²) in [6, 6.07) is 16.4. The number of hydrogen-bond acceptors (Lipinski definition) is 6. The Labute approximate surface area is 229 Å². The number of nitrogens with one attached hydrogen (secondary N) is 1. The summed E-state index contributed by atoms with van der Waals surface area (Å²) < 4.78 is 27.3. The zero-order valence-electron chi connectivity index (χ0n) is 21.3. The number of halogens is 1. The van der Waals surface area contributed by atoms with Gasteiger partial charge in [-0.1, -0.05) is 18.2 Å². The summed E-state index contributed by atoms with van der Waals surface area (Å²) in [5.41, 5.74) is 2.99. The summed E-state index contributed by atoms with van der Waals surface area (Å²) in [4.78, 5) is 13.4. The zero-order chi connectivity index (χ0) is 27.4. The summed E-state index contributed by atoms with van der Waals surface area (Å²) in [5.74, 6) is 0.689. The number of hydrogen-bond donors (Lipinski definition) is 1. The van der Waals surface area contributed by atoms with Crippen LogP contribution in [0.25, 0.3) is 16.6 Å². The van der Waals surface area contributed by atoms with E-state index in [1.54, 1.807) is 41.6 Å². The Hall–Kier alpha value is -4.68. The minimum atomic E-state index is -0.547. The number of rotatable bonds is 8. The van der Waals surface area contributed by atoms with Crippen LogP contribution in [0.3, 0.4) is 0 Å². The van der Waals surface area contributed by atoms with Crippen molar-refractivity contribution in [2.45, 2.75) is 25.5 Å². The van der Waals surface area contributed by atoms with Crippen molar-refractivity contribution in [2.75, 3.05) is 7.11 Å². The highest BCUT2D eigenvalue weighted by molar-refractivity contribution is 7.12. The number of fused-ring (bicyclic) bond motifs is 1. The Kier molecular flexibility index (Phi) is 7.57. The van der Waals surface area contributed by atoms with Gasteiger partial charge in [0, 0.05) is 22.9 Å². The lowest BCUT2D eigenvalue weighted by Crippen LogP contribution is -2.39. The van der Waals surface area contributed by atoms with Gasteiger partial charge in [-0.05, 0) is 67.1 Å². The summed E-state index contributed by atoms with van der Waals surface area (Å²) in [6.45, 7) is 1.87. The molecular weight excluding hydrogens is 515 g/mol. The van der Waals surface area contributed by atoms with Crippen LogP contribution in [0.1, 0.15) is 40.2 Å². The molecule has 196 valence electrons. The Balaban J connectivity index is 1.43. The second-order valence-corrected chi connectivity index (χ2v) is 9.89. The molecule has 2 aromatic heterocycles. The smallest absolute Gasteiger partial charge is 0.261 e. The lowest BCUT2D eigenvalue weighted by molar-refractivity contribution is 0.0886. The van der Waals surface area contributed by atoms with Gasteiger partial charge in [0.25, 0.3) is 5.91 Å². The molecule has 1 amide bonds. The number of amides is 1. The third-order valence-corrected chi connectivity index (χ3v) is 7.23. The first-order valence-electron chi connectivity index (χ1n) is 12.3. The molecule has 4 aromatic rings. The number of thiophene rings is 1. The number of carbonyl (C=O) groups is 1. The van der Waals surface area contributed by atoms with Gasteiger partial charge in [-0.3, -0.25) is 4.79 Å². The number of nitrogens with zero attached hydrogens (tertiary/aromatic N) is 3. The third kappa shape index (κ3) is 5.76. The molecule has 0 fully saturated rings. The van der Waals surface area contributed by atoms with Gasteiger partial charge in [0.1, 0.15) is 29.5 Å². The third-order valence-electron chi connectivity index (χ3n) is 6.30. The van der Waals surface area contributed by atoms with Crippen molar-refractivity contribution in [3.05, 3.63) is 106 Å². The van der Waals surface area contributed by atoms with Crippen LogP contribution in [0.4, 0.5) is 4.39 Å². The molecule has 0 saturated carbocycles. The van der Waals surface area contributed by atoms with Crippen LogP contribution in [0.15, 0.2) is 90.2 Å². The predicted molar refractivity (Wildman–Crippen MR) is 149 cm³/mol. The fourth-order valence-electron chi connectivity index (χ4n) is 4.35. The summed E-state index contributed by atoms with van der Waals surface area (Å²) >= 11 is 1.22. The van der Waals surface area contributed by atoms with E-state index in [4.69, 9.17) is 14.7 Å². The lowest BCUT2D eigenvalue weighted by Gasteiger charge is -2.27. The van der Waals surface area contributed by atoms with E-state index < -0.39 is 12.1 Å². The first-order chi connectivity index (χ1) is 18.9. The molecule has 2 atom stereocenters. The topological polar surface area (TPSA) is 89.2 Å². The number of aromatic nitrogens is 2. The highest BCUT2D eigenvalue weighted by atomic mass is 32.1. The van der Waals surface area contributed by atoms with Crippen molar-refractivity contribution in [2.24, 2.45) is 0 Å². The van der Waals surface area contributed by atoms with Gasteiger partial charge in [-0.15, -0.1) is 11.3 Å². The SMILES string of the molecule is COc1cccc(C(Oc2ccc3c(cnn3C3=CC=C(F)C=CC3)c2)C(C)NC(=O)c2cc(C#N)cs2)c1. The molecule has 0 radical (unpaired) electrons. The minimum Gasteiger partial charge on any atom is -0.497 e.